The summed E-state index contributed by atoms with van der Waals surface area (Å²) in [7, 11) is 0. The lowest BCUT2D eigenvalue weighted by molar-refractivity contribution is -0.136. The van der Waals surface area contributed by atoms with E-state index >= 15 is 0 Å². The predicted molar refractivity (Wildman–Crippen MR) is 104 cm³/mol. The third-order valence-electron chi connectivity index (χ3n) is 6.01. The van der Waals surface area contributed by atoms with Gasteiger partial charge in [0.05, 0.1) is 0 Å². The van der Waals surface area contributed by atoms with Gasteiger partial charge in [0, 0.05) is 31.1 Å². The Hall–Kier alpha value is -2.25. The number of nitrogens with zero attached hydrogens (tertiary/aromatic N) is 1. The molecule has 0 radical (unpaired) electrons. The van der Waals surface area contributed by atoms with Crippen LogP contribution in [0.15, 0.2) is 18.2 Å². The van der Waals surface area contributed by atoms with Gasteiger partial charge in [0.1, 0.15) is 6.04 Å². The number of benzene rings is 1. The first-order valence-corrected chi connectivity index (χ1v) is 10.3. The molecule has 3 aliphatic heterocycles. The maximum atomic E-state index is 12.7. The topological polar surface area (TPSA) is 90.5 Å². The molecule has 0 aromatic heterocycles. The molecule has 0 saturated carbocycles. The maximum Gasteiger partial charge on any atom is 0.255 e. The molecule has 3 heterocycles. The average Bonchev–Trinajstić information content (AvgIpc) is 2.97. The van der Waals surface area contributed by atoms with E-state index in [-0.39, 0.29) is 24.1 Å². The second-order valence-corrected chi connectivity index (χ2v) is 8.00. The summed E-state index contributed by atoms with van der Waals surface area (Å²) in [5, 5.41) is 9.46. The van der Waals surface area contributed by atoms with Crippen LogP contribution >= 0.6 is 0 Å². The minimum Gasteiger partial charge on any atom is -0.322 e. The van der Waals surface area contributed by atoms with Crippen molar-refractivity contribution in [2.45, 2.75) is 63.7 Å². The lowest BCUT2D eigenvalue weighted by Crippen LogP contribution is -2.52. The van der Waals surface area contributed by atoms with Crippen LogP contribution in [0.5, 0.6) is 0 Å². The summed E-state index contributed by atoms with van der Waals surface area (Å²) >= 11 is 0. The van der Waals surface area contributed by atoms with Crippen LogP contribution in [0.1, 0.15) is 60.0 Å². The molecule has 0 bridgehead atoms. The number of hydrogen-bond acceptors (Lipinski definition) is 5. The lowest BCUT2D eigenvalue weighted by Gasteiger charge is -2.29. The molecule has 3 amide bonds. The standard InChI is InChI=1S/C21H28N4O3/c26-19-7-6-18(20(27)24-19)25-13-15-11-14(4-5-17(15)21(25)28)12-23-16-3-1-2-9-22-10-8-16/h4-5,11,16,18,22-23H,1-3,6-10,12-13H2,(H,24,26,27). The Balaban J connectivity index is 1.39. The van der Waals surface area contributed by atoms with Crippen LogP contribution in [0, 0.1) is 0 Å². The van der Waals surface area contributed by atoms with E-state index in [9.17, 15) is 14.4 Å². The molecule has 2 unspecified atom stereocenters. The highest BCUT2D eigenvalue weighted by atomic mass is 16.2. The Kier molecular flexibility index (Phi) is 5.73. The molecule has 4 rings (SSSR count). The van der Waals surface area contributed by atoms with Gasteiger partial charge in [-0.2, -0.15) is 0 Å². The number of hydrogen-bond donors (Lipinski definition) is 3. The summed E-state index contributed by atoms with van der Waals surface area (Å²) in [6.45, 7) is 3.39. The molecule has 7 nitrogen and oxygen atoms in total. The number of carbonyl (C=O) groups is 3. The summed E-state index contributed by atoms with van der Waals surface area (Å²) in [6, 6.07) is 5.91. The molecule has 7 heteroatoms. The Bertz CT molecular complexity index is 771. The van der Waals surface area contributed by atoms with Gasteiger partial charge in [0.25, 0.3) is 5.91 Å². The zero-order valence-electron chi connectivity index (χ0n) is 16.1. The highest BCUT2D eigenvalue weighted by molar-refractivity contribution is 6.05. The second kappa shape index (κ2) is 8.41. The van der Waals surface area contributed by atoms with Gasteiger partial charge in [-0.25, -0.2) is 0 Å². The molecule has 0 aliphatic carbocycles. The summed E-state index contributed by atoms with van der Waals surface area (Å²) < 4.78 is 0. The van der Waals surface area contributed by atoms with E-state index in [4.69, 9.17) is 0 Å². The molecular weight excluding hydrogens is 356 g/mol. The van der Waals surface area contributed by atoms with Crippen molar-refractivity contribution < 1.29 is 14.4 Å². The SMILES string of the molecule is O=C1CCC(N2Cc3cc(CNC4CCCCNCC4)ccc3C2=O)C(=O)N1. The van der Waals surface area contributed by atoms with Crippen LogP contribution < -0.4 is 16.0 Å². The molecule has 1 aromatic carbocycles. The number of nitrogens with one attached hydrogen (secondary N) is 3. The fourth-order valence-electron chi connectivity index (χ4n) is 4.39. The molecule has 2 fully saturated rings. The van der Waals surface area contributed by atoms with E-state index in [0.29, 0.717) is 24.6 Å². The van der Waals surface area contributed by atoms with E-state index < -0.39 is 6.04 Å². The van der Waals surface area contributed by atoms with Crippen molar-refractivity contribution in [1.29, 1.82) is 0 Å². The van der Waals surface area contributed by atoms with Gasteiger partial charge in [-0.1, -0.05) is 18.6 Å². The minimum atomic E-state index is -0.554. The largest absolute Gasteiger partial charge is 0.322 e. The number of amides is 3. The monoisotopic (exact) mass is 384 g/mol. The van der Waals surface area contributed by atoms with Gasteiger partial charge in [-0.3, -0.25) is 19.7 Å². The van der Waals surface area contributed by atoms with Crippen LogP contribution in [0.25, 0.3) is 0 Å². The number of piperidine rings is 1. The van der Waals surface area contributed by atoms with Crippen LogP contribution in [0.4, 0.5) is 0 Å². The minimum absolute atomic E-state index is 0.116. The number of carbonyl (C=O) groups excluding carboxylic acids is 3. The van der Waals surface area contributed by atoms with E-state index in [1.54, 1.807) is 4.90 Å². The van der Waals surface area contributed by atoms with Crippen molar-refractivity contribution in [1.82, 2.24) is 20.9 Å². The molecule has 28 heavy (non-hydrogen) atoms. The fourth-order valence-corrected chi connectivity index (χ4v) is 4.39. The van der Waals surface area contributed by atoms with Gasteiger partial charge in [-0.05, 0) is 56.0 Å². The highest BCUT2D eigenvalue weighted by Gasteiger charge is 2.39. The first kappa shape index (κ1) is 19.1. The van der Waals surface area contributed by atoms with Gasteiger partial charge in [-0.15, -0.1) is 0 Å². The van der Waals surface area contributed by atoms with Gasteiger partial charge < -0.3 is 15.5 Å². The summed E-state index contributed by atoms with van der Waals surface area (Å²) in [5.41, 5.74) is 2.80. The molecule has 0 spiro atoms. The molecule has 2 saturated heterocycles. The fraction of sp³-hybridized carbons (Fsp3) is 0.571. The van der Waals surface area contributed by atoms with Crippen molar-refractivity contribution in [3.8, 4) is 0 Å². The average molecular weight is 384 g/mol. The van der Waals surface area contributed by atoms with E-state index in [1.807, 2.05) is 12.1 Å². The van der Waals surface area contributed by atoms with Crippen LogP contribution in [-0.2, 0) is 22.7 Å². The van der Waals surface area contributed by atoms with E-state index in [2.05, 4.69) is 22.0 Å². The van der Waals surface area contributed by atoms with Gasteiger partial charge in [0.2, 0.25) is 11.8 Å². The Morgan fingerprint density at radius 1 is 1.07 bits per heavy atom. The maximum absolute atomic E-state index is 12.7. The van der Waals surface area contributed by atoms with Crippen molar-refractivity contribution in [3.63, 3.8) is 0 Å². The normalized spacial score (nSPS) is 25.9. The molecule has 3 N–H and O–H groups in total. The first-order valence-electron chi connectivity index (χ1n) is 10.3. The van der Waals surface area contributed by atoms with Crippen LogP contribution in [0.2, 0.25) is 0 Å². The third-order valence-corrected chi connectivity index (χ3v) is 6.01. The number of imide groups is 1. The lowest BCUT2D eigenvalue weighted by atomic mass is 10.0. The van der Waals surface area contributed by atoms with Crippen LogP contribution in [0.3, 0.4) is 0 Å². The molecule has 150 valence electrons. The van der Waals surface area contributed by atoms with Crippen molar-refractivity contribution in [2.24, 2.45) is 0 Å². The summed E-state index contributed by atoms with van der Waals surface area (Å²) in [5.74, 6) is -0.740. The predicted octanol–water partition coefficient (Wildman–Crippen LogP) is 1.07. The Morgan fingerprint density at radius 3 is 2.82 bits per heavy atom. The van der Waals surface area contributed by atoms with Crippen molar-refractivity contribution >= 4 is 17.7 Å². The van der Waals surface area contributed by atoms with Gasteiger partial charge in [0.15, 0.2) is 0 Å². The van der Waals surface area contributed by atoms with E-state index in [1.165, 1.54) is 19.3 Å². The third kappa shape index (κ3) is 4.10. The smallest absolute Gasteiger partial charge is 0.255 e. The number of fused-ring (bicyclic) bond motifs is 1. The van der Waals surface area contributed by atoms with Crippen molar-refractivity contribution in [3.05, 3.63) is 34.9 Å². The highest BCUT2D eigenvalue weighted by Crippen LogP contribution is 2.28. The molecular formula is C21H28N4O3. The quantitative estimate of drug-likeness (QED) is 0.676. The van der Waals surface area contributed by atoms with Crippen LogP contribution in [-0.4, -0.2) is 47.8 Å². The summed E-state index contributed by atoms with van der Waals surface area (Å²) in [6.07, 6.45) is 5.48. The van der Waals surface area contributed by atoms with Crippen molar-refractivity contribution in [2.75, 3.05) is 13.1 Å². The molecule has 3 aliphatic rings. The Morgan fingerprint density at radius 2 is 1.96 bits per heavy atom. The summed E-state index contributed by atoms with van der Waals surface area (Å²) in [4.78, 5) is 37.9. The zero-order chi connectivity index (χ0) is 19.5. The first-order chi connectivity index (χ1) is 13.6. The molecule has 2 atom stereocenters. The van der Waals surface area contributed by atoms with E-state index in [0.717, 1.165) is 37.2 Å². The zero-order valence-corrected chi connectivity index (χ0v) is 16.1. The van der Waals surface area contributed by atoms with Gasteiger partial charge >= 0.3 is 0 Å². The Labute approximate surface area is 165 Å². The second-order valence-electron chi connectivity index (χ2n) is 8.00. The molecule has 1 aromatic rings. The number of rotatable bonds is 4.